The Labute approximate surface area is 183 Å². The number of nitrogens with zero attached hydrogens (tertiary/aromatic N) is 3. The Hall–Kier alpha value is -3.33. The largest absolute Gasteiger partial charge is 0.338 e. The van der Waals surface area contributed by atoms with Crippen molar-refractivity contribution < 1.29 is 14.0 Å². The number of likely N-dealkylation sites (tertiary alicyclic amines) is 1. The average Bonchev–Trinajstić information content (AvgIpc) is 3.44. The van der Waals surface area contributed by atoms with Crippen LogP contribution >= 0.6 is 11.3 Å². The molecular weight excluding hydrogens is 417 g/mol. The van der Waals surface area contributed by atoms with E-state index >= 15 is 0 Å². The van der Waals surface area contributed by atoms with Crippen molar-refractivity contribution in [3.8, 4) is 0 Å². The van der Waals surface area contributed by atoms with Crippen LogP contribution < -0.4 is 10.6 Å². The van der Waals surface area contributed by atoms with E-state index in [1.165, 1.54) is 23.8 Å². The molecular formula is C22H22FN5O2S. The molecule has 0 saturated carbocycles. The minimum atomic E-state index is -0.453. The van der Waals surface area contributed by atoms with Crippen LogP contribution in [0.1, 0.15) is 39.3 Å². The third-order valence-electron chi connectivity index (χ3n) is 5.05. The molecule has 0 unspecified atom stereocenters. The summed E-state index contributed by atoms with van der Waals surface area (Å²) in [6, 6.07) is 15.3. The second kappa shape index (κ2) is 9.65. The molecule has 2 aromatic carbocycles. The van der Waals surface area contributed by atoms with Crippen LogP contribution in [0.3, 0.4) is 0 Å². The lowest BCUT2D eigenvalue weighted by molar-refractivity contribution is 0.102. The van der Waals surface area contributed by atoms with Crippen LogP contribution in [0.25, 0.3) is 0 Å². The number of carbonyl (C=O) groups is 2. The van der Waals surface area contributed by atoms with Gasteiger partial charge in [0.25, 0.3) is 5.91 Å². The maximum absolute atomic E-state index is 13.3. The fourth-order valence-corrected chi connectivity index (χ4v) is 4.42. The van der Waals surface area contributed by atoms with Gasteiger partial charge >= 0.3 is 6.03 Å². The molecule has 2 heterocycles. The number of amides is 3. The molecule has 9 heteroatoms. The first-order valence-corrected chi connectivity index (χ1v) is 10.9. The summed E-state index contributed by atoms with van der Waals surface area (Å²) in [4.78, 5) is 26.9. The summed E-state index contributed by atoms with van der Waals surface area (Å²) in [5.74, 6) is -0.887. The summed E-state index contributed by atoms with van der Waals surface area (Å²) in [5.41, 5.74) is 1.51. The van der Waals surface area contributed by atoms with Crippen LogP contribution in [0.15, 0.2) is 54.6 Å². The van der Waals surface area contributed by atoms with Crippen molar-refractivity contribution in [2.75, 3.05) is 18.4 Å². The highest BCUT2D eigenvalue weighted by atomic mass is 32.1. The zero-order valence-electron chi connectivity index (χ0n) is 16.8. The molecule has 1 aliphatic rings. The number of anilines is 1. The van der Waals surface area contributed by atoms with E-state index in [1.54, 1.807) is 11.0 Å². The average molecular weight is 440 g/mol. The van der Waals surface area contributed by atoms with Crippen molar-refractivity contribution in [3.05, 3.63) is 76.0 Å². The molecule has 7 nitrogen and oxygen atoms in total. The van der Waals surface area contributed by atoms with Gasteiger partial charge in [0.1, 0.15) is 10.8 Å². The zero-order valence-corrected chi connectivity index (χ0v) is 17.6. The molecule has 1 aliphatic heterocycles. The summed E-state index contributed by atoms with van der Waals surface area (Å²) in [6.45, 7) is 1.18. The van der Waals surface area contributed by atoms with Crippen molar-refractivity contribution in [1.82, 2.24) is 20.4 Å². The monoisotopic (exact) mass is 439 g/mol. The number of carbonyl (C=O) groups excluding carboxylic acids is 2. The summed E-state index contributed by atoms with van der Waals surface area (Å²) in [7, 11) is 0. The van der Waals surface area contributed by atoms with E-state index in [2.05, 4.69) is 20.8 Å². The molecule has 31 heavy (non-hydrogen) atoms. The quantitative estimate of drug-likeness (QED) is 0.607. The van der Waals surface area contributed by atoms with Crippen molar-refractivity contribution in [2.45, 2.75) is 25.3 Å². The Bertz CT molecular complexity index is 1060. The highest BCUT2D eigenvalue weighted by Crippen LogP contribution is 2.33. The van der Waals surface area contributed by atoms with E-state index in [0.717, 1.165) is 30.6 Å². The summed E-state index contributed by atoms with van der Waals surface area (Å²) in [5, 5.41) is 14.5. The Morgan fingerprint density at radius 3 is 2.77 bits per heavy atom. The normalized spacial score (nSPS) is 15.6. The summed E-state index contributed by atoms with van der Waals surface area (Å²) in [6.07, 6.45) is 2.39. The van der Waals surface area contributed by atoms with Gasteiger partial charge in [-0.3, -0.25) is 4.79 Å². The van der Waals surface area contributed by atoms with Crippen molar-refractivity contribution in [1.29, 1.82) is 0 Å². The van der Waals surface area contributed by atoms with E-state index in [9.17, 15) is 14.0 Å². The lowest BCUT2D eigenvalue weighted by Gasteiger charge is -2.23. The van der Waals surface area contributed by atoms with Gasteiger partial charge in [-0.1, -0.05) is 47.7 Å². The third kappa shape index (κ3) is 5.24. The van der Waals surface area contributed by atoms with Crippen LogP contribution in [0.4, 0.5) is 14.9 Å². The molecule has 3 amide bonds. The van der Waals surface area contributed by atoms with Gasteiger partial charge in [0.15, 0.2) is 0 Å². The maximum atomic E-state index is 13.3. The standard InChI is InChI=1S/C22H22FN5O2S/c23-16-8-4-9-17(14-16)25-19(29)21-27-26-20(31-21)18-10-5-13-28(18)22(30)24-12-11-15-6-2-1-3-7-15/h1-4,6-9,14,18H,5,10-13H2,(H,24,30)(H,25,29)/t18-/m0/s1. The number of benzene rings is 2. The lowest BCUT2D eigenvalue weighted by atomic mass is 10.1. The van der Waals surface area contributed by atoms with Gasteiger partial charge in [-0.2, -0.15) is 0 Å². The number of urea groups is 1. The van der Waals surface area contributed by atoms with Gasteiger partial charge < -0.3 is 15.5 Å². The molecule has 1 saturated heterocycles. The molecule has 0 aliphatic carbocycles. The number of rotatable bonds is 6. The van der Waals surface area contributed by atoms with Gasteiger partial charge in [-0.25, -0.2) is 9.18 Å². The Balaban J connectivity index is 1.35. The molecule has 1 atom stereocenters. The van der Waals surface area contributed by atoms with Crippen molar-refractivity contribution in [2.24, 2.45) is 0 Å². The van der Waals surface area contributed by atoms with Crippen molar-refractivity contribution >= 4 is 29.0 Å². The van der Waals surface area contributed by atoms with E-state index in [0.29, 0.717) is 23.8 Å². The molecule has 0 radical (unpaired) electrons. The number of aromatic nitrogens is 2. The molecule has 1 fully saturated rings. The highest BCUT2D eigenvalue weighted by Gasteiger charge is 2.33. The first-order valence-electron chi connectivity index (χ1n) is 10.1. The fourth-order valence-electron chi connectivity index (χ4n) is 3.54. The van der Waals surface area contributed by atoms with E-state index in [-0.39, 0.29) is 17.1 Å². The number of halogens is 1. The Kier molecular flexibility index (Phi) is 6.51. The number of hydrogen-bond acceptors (Lipinski definition) is 5. The molecule has 1 aromatic heterocycles. The first kappa shape index (κ1) is 20.9. The minimum Gasteiger partial charge on any atom is -0.338 e. The van der Waals surface area contributed by atoms with Crippen LogP contribution in [-0.2, 0) is 6.42 Å². The fraction of sp³-hybridized carbons (Fsp3) is 0.273. The smallest absolute Gasteiger partial charge is 0.318 e. The zero-order chi connectivity index (χ0) is 21.6. The highest BCUT2D eigenvalue weighted by molar-refractivity contribution is 7.13. The molecule has 0 bridgehead atoms. The SMILES string of the molecule is O=C(Nc1cccc(F)c1)c1nnc([C@@H]2CCCN2C(=O)NCCc2ccccc2)s1. The molecule has 0 spiro atoms. The van der Waals surface area contributed by atoms with Gasteiger partial charge in [0.2, 0.25) is 5.01 Å². The second-order valence-corrected chi connectivity index (χ2v) is 8.24. The topological polar surface area (TPSA) is 87.2 Å². The predicted octanol–water partition coefficient (Wildman–Crippen LogP) is 4.02. The predicted molar refractivity (Wildman–Crippen MR) is 116 cm³/mol. The van der Waals surface area contributed by atoms with Crippen molar-refractivity contribution in [3.63, 3.8) is 0 Å². The van der Waals surface area contributed by atoms with E-state index in [4.69, 9.17) is 0 Å². The van der Waals surface area contributed by atoms with Gasteiger partial charge in [-0.05, 0) is 43.0 Å². The summed E-state index contributed by atoms with van der Waals surface area (Å²) >= 11 is 1.15. The van der Waals surface area contributed by atoms with Gasteiger partial charge in [-0.15, -0.1) is 10.2 Å². The van der Waals surface area contributed by atoms with E-state index in [1.807, 2.05) is 30.3 Å². The first-order chi connectivity index (χ1) is 15.1. The number of hydrogen-bond donors (Lipinski definition) is 2. The molecule has 3 aromatic rings. The van der Waals surface area contributed by atoms with E-state index < -0.39 is 11.7 Å². The Morgan fingerprint density at radius 2 is 1.97 bits per heavy atom. The van der Waals surface area contributed by atoms with Crippen LogP contribution in [-0.4, -0.2) is 40.1 Å². The van der Waals surface area contributed by atoms with Gasteiger partial charge in [0.05, 0.1) is 6.04 Å². The molecule has 2 N–H and O–H groups in total. The van der Waals surface area contributed by atoms with Crippen LogP contribution in [0, 0.1) is 5.82 Å². The Morgan fingerprint density at radius 1 is 1.13 bits per heavy atom. The number of nitrogens with one attached hydrogen (secondary N) is 2. The minimum absolute atomic E-state index is 0.139. The lowest BCUT2D eigenvalue weighted by Crippen LogP contribution is -2.40. The van der Waals surface area contributed by atoms with Crippen LogP contribution in [0.2, 0.25) is 0 Å². The van der Waals surface area contributed by atoms with Crippen LogP contribution in [0.5, 0.6) is 0 Å². The summed E-state index contributed by atoms with van der Waals surface area (Å²) < 4.78 is 13.3. The van der Waals surface area contributed by atoms with Gasteiger partial charge in [0, 0.05) is 18.8 Å². The third-order valence-corrected chi connectivity index (χ3v) is 6.07. The second-order valence-electron chi connectivity index (χ2n) is 7.23. The maximum Gasteiger partial charge on any atom is 0.318 e. The molecule has 4 rings (SSSR count). The molecule has 160 valence electrons.